The number of benzene rings is 1. The molecule has 8 nitrogen and oxygen atoms in total. The Labute approximate surface area is 165 Å². The maximum Gasteiger partial charge on any atom is 0.346 e. The van der Waals surface area contributed by atoms with Gasteiger partial charge in [-0.1, -0.05) is 0 Å². The number of amides is 1. The Bertz CT molecular complexity index is 1150. The Morgan fingerprint density at radius 3 is 3.04 bits per heavy atom. The molecule has 2 aliphatic heterocycles. The molecule has 1 aromatic carbocycles. The number of fused-ring (bicyclic) bond motifs is 2. The Hall–Kier alpha value is -2.52. The van der Waals surface area contributed by atoms with Crippen LogP contribution in [0.4, 0.5) is 0 Å². The van der Waals surface area contributed by atoms with E-state index in [2.05, 4.69) is 10.1 Å². The molecule has 0 aliphatic carbocycles. The molecule has 0 saturated carbocycles. The smallest absolute Gasteiger partial charge is 0.346 e. The number of carbonyl (C=O) groups is 1. The molecule has 0 bridgehead atoms. The number of hydrogen-bond acceptors (Lipinski definition) is 6. The van der Waals surface area contributed by atoms with Gasteiger partial charge in [0.1, 0.15) is 12.2 Å². The topological polar surface area (TPSA) is 82.3 Å². The van der Waals surface area contributed by atoms with Crippen LogP contribution in [-0.2, 0) is 24.4 Å². The van der Waals surface area contributed by atoms with Crippen LogP contribution >= 0.6 is 11.3 Å². The van der Waals surface area contributed by atoms with Gasteiger partial charge in [-0.3, -0.25) is 9.36 Å². The van der Waals surface area contributed by atoms with E-state index in [1.54, 1.807) is 15.9 Å². The van der Waals surface area contributed by atoms with Crippen molar-refractivity contribution in [2.24, 2.45) is 0 Å². The Morgan fingerprint density at radius 1 is 1.36 bits per heavy atom. The van der Waals surface area contributed by atoms with Crippen molar-refractivity contribution < 1.29 is 9.53 Å². The third-order valence-electron chi connectivity index (χ3n) is 5.60. The molecule has 2 aromatic heterocycles. The number of aryl methyl sites for hydroxylation is 2. The molecule has 3 aromatic rings. The number of carbonyl (C=O) groups excluding carboxylic acids is 1. The van der Waals surface area contributed by atoms with E-state index in [1.807, 2.05) is 36.9 Å². The van der Waals surface area contributed by atoms with E-state index in [0.717, 1.165) is 15.2 Å². The molecular formula is C19H21N5O3S. The van der Waals surface area contributed by atoms with E-state index >= 15 is 0 Å². The van der Waals surface area contributed by atoms with Crippen LogP contribution in [-0.4, -0.2) is 48.8 Å². The quantitative estimate of drug-likeness (QED) is 0.656. The molecule has 1 saturated heterocycles. The van der Waals surface area contributed by atoms with Crippen LogP contribution in [0.3, 0.4) is 0 Å². The summed E-state index contributed by atoms with van der Waals surface area (Å²) in [5.41, 5.74) is 0.975. The third kappa shape index (κ3) is 2.68. The van der Waals surface area contributed by atoms with Gasteiger partial charge < -0.3 is 9.64 Å². The first kappa shape index (κ1) is 17.6. The molecule has 0 radical (unpaired) electrons. The van der Waals surface area contributed by atoms with Gasteiger partial charge in [-0.15, -0.1) is 11.3 Å². The standard InChI is InChI=1S/C19H21N5O3S/c1-3-24-18(26)23-11-19(27-9-16(23)21-24)6-7-22(10-19)17(25)13-4-5-14-15(8-13)28-12(2)20-14/h4-5,8H,3,6-7,9-11H2,1-2H3. The van der Waals surface area contributed by atoms with Gasteiger partial charge in [0.2, 0.25) is 0 Å². The van der Waals surface area contributed by atoms with Crippen molar-refractivity contribution in [2.75, 3.05) is 13.1 Å². The van der Waals surface area contributed by atoms with Gasteiger partial charge in [0.15, 0.2) is 5.82 Å². The summed E-state index contributed by atoms with van der Waals surface area (Å²) in [5.74, 6) is 0.657. The summed E-state index contributed by atoms with van der Waals surface area (Å²) in [6, 6.07) is 5.66. The van der Waals surface area contributed by atoms with Gasteiger partial charge >= 0.3 is 5.69 Å². The van der Waals surface area contributed by atoms with Crippen LogP contribution in [0.1, 0.15) is 34.5 Å². The van der Waals surface area contributed by atoms with E-state index in [-0.39, 0.29) is 11.6 Å². The minimum Gasteiger partial charge on any atom is -0.363 e. The summed E-state index contributed by atoms with van der Waals surface area (Å²) in [6.45, 7) is 6.24. The number of rotatable bonds is 2. The second kappa shape index (κ2) is 6.25. The lowest BCUT2D eigenvalue weighted by atomic mass is 10.0. The van der Waals surface area contributed by atoms with Gasteiger partial charge in [0.25, 0.3) is 5.91 Å². The summed E-state index contributed by atoms with van der Waals surface area (Å²) < 4.78 is 10.3. The number of nitrogens with zero attached hydrogens (tertiary/aromatic N) is 5. The summed E-state index contributed by atoms with van der Waals surface area (Å²) in [7, 11) is 0. The predicted octanol–water partition coefficient (Wildman–Crippen LogP) is 1.80. The SMILES string of the molecule is CCn1nc2n(c1=O)CC1(CCN(C(=O)c3ccc4nc(C)sc4c3)C1)OC2. The first-order valence-corrected chi connectivity index (χ1v) is 10.3. The molecule has 146 valence electrons. The third-order valence-corrected chi connectivity index (χ3v) is 6.53. The molecule has 0 N–H and O–H groups in total. The van der Waals surface area contributed by atoms with E-state index < -0.39 is 5.60 Å². The number of ether oxygens (including phenoxy) is 1. The lowest BCUT2D eigenvalue weighted by Crippen LogP contribution is -2.47. The molecule has 2 aliphatic rings. The molecule has 1 fully saturated rings. The van der Waals surface area contributed by atoms with Crippen molar-refractivity contribution in [1.29, 1.82) is 0 Å². The fraction of sp³-hybridized carbons (Fsp3) is 0.474. The average molecular weight is 399 g/mol. The number of thiazole rings is 1. The molecule has 4 heterocycles. The van der Waals surface area contributed by atoms with Crippen LogP contribution in [0.2, 0.25) is 0 Å². The van der Waals surface area contributed by atoms with E-state index in [0.29, 0.717) is 50.6 Å². The molecular weight excluding hydrogens is 378 g/mol. The molecule has 1 amide bonds. The summed E-state index contributed by atoms with van der Waals surface area (Å²) in [6.07, 6.45) is 0.712. The highest BCUT2D eigenvalue weighted by molar-refractivity contribution is 7.18. The average Bonchev–Trinajstić information content (AvgIpc) is 3.36. The Kier molecular flexibility index (Phi) is 3.92. The van der Waals surface area contributed by atoms with Crippen molar-refractivity contribution in [3.8, 4) is 0 Å². The molecule has 9 heteroatoms. The summed E-state index contributed by atoms with van der Waals surface area (Å²) in [4.78, 5) is 31.8. The number of hydrogen-bond donors (Lipinski definition) is 0. The van der Waals surface area contributed by atoms with E-state index in [1.165, 1.54) is 4.68 Å². The lowest BCUT2D eigenvalue weighted by molar-refractivity contribution is -0.0816. The van der Waals surface area contributed by atoms with Gasteiger partial charge in [0.05, 0.1) is 28.3 Å². The fourth-order valence-electron chi connectivity index (χ4n) is 4.13. The first-order chi connectivity index (χ1) is 13.5. The van der Waals surface area contributed by atoms with Crippen LogP contribution in [0.25, 0.3) is 10.2 Å². The van der Waals surface area contributed by atoms with Crippen LogP contribution in [0.15, 0.2) is 23.0 Å². The molecule has 1 atom stereocenters. The highest BCUT2D eigenvalue weighted by Gasteiger charge is 2.45. The van der Waals surface area contributed by atoms with Crippen molar-refractivity contribution >= 4 is 27.5 Å². The normalized spacial score (nSPS) is 21.6. The van der Waals surface area contributed by atoms with Gasteiger partial charge in [0, 0.05) is 18.7 Å². The van der Waals surface area contributed by atoms with Crippen LogP contribution < -0.4 is 5.69 Å². The molecule has 5 rings (SSSR count). The zero-order valence-electron chi connectivity index (χ0n) is 15.8. The van der Waals surface area contributed by atoms with Crippen LogP contribution in [0, 0.1) is 6.92 Å². The second-order valence-corrected chi connectivity index (χ2v) is 8.70. The summed E-state index contributed by atoms with van der Waals surface area (Å²) >= 11 is 1.59. The molecule has 1 spiro atoms. The fourth-order valence-corrected chi connectivity index (χ4v) is 5.00. The number of likely N-dealkylation sites (tertiary alicyclic amines) is 1. The lowest BCUT2D eigenvalue weighted by Gasteiger charge is -2.33. The maximum atomic E-state index is 13.1. The zero-order valence-corrected chi connectivity index (χ0v) is 16.7. The Morgan fingerprint density at radius 2 is 2.21 bits per heavy atom. The number of aromatic nitrogens is 4. The first-order valence-electron chi connectivity index (χ1n) is 9.45. The van der Waals surface area contributed by atoms with Gasteiger partial charge in [-0.05, 0) is 38.5 Å². The largest absolute Gasteiger partial charge is 0.363 e. The van der Waals surface area contributed by atoms with Crippen LogP contribution in [0.5, 0.6) is 0 Å². The second-order valence-electron chi connectivity index (χ2n) is 7.46. The highest BCUT2D eigenvalue weighted by atomic mass is 32.1. The highest BCUT2D eigenvalue weighted by Crippen LogP contribution is 2.32. The van der Waals surface area contributed by atoms with Crippen molar-refractivity contribution in [3.05, 3.63) is 45.1 Å². The zero-order chi connectivity index (χ0) is 19.5. The molecule has 1 unspecified atom stereocenters. The Balaban J connectivity index is 1.38. The van der Waals surface area contributed by atoms with Crippen molar-refractivity contribution in [3.63, 3.8) is 0 Å². The maximum absolute atomic E-state index is 13.1. The van der Waals surface area contributed by atoms with E-state index in [4.69, 9.17) is 4.74 Å². The van der Waals surface area contributed by atoms with E-state index in [9.17, 15) is 9.59 Å². The van der Waals surface area contributed by atoms with Crippen molar-refractivity contribution in [1.82, 2.24) is 24.2 Å². The summed E-state index contributed by atoms with van der Waals surface area (Å²) in [5, 5.41) is 5.30. The van der Waals surface area contributed by atoms with Gasteiger partial charge in [-0.25, -0.2) is 14.5 Å². The molecule has 28 heavy (non-hydrogen) atoms. The minimum absolute atomic E-state index is 0.00387. The minimum atomic E-state index is -0.515. The van der Waals surface area contributed by atoms with Crippen molar-refractivity contribution in [2.45, 2.75) is 45.6 Å². The van der Waals surface area contributed by atoms with Gasteiger partial charge in [-0.2, -0.15) is 5.10 Å². The predicted molar refractivity (Wildman–Crippen MR) is 105 cm³/mol. The monoisotopic (exact) mass is 399 g/mol.